The quantitative estimate of drug-likeness (QED) is 0.308. The van der Waals surface area contributed by atoms with Crippen molar-refractivity contribution in [3.8, 4) is 0 Å². The van der Waals surface area contributed by atoms with Crippen LogP contribution in [-0.2, 0) is 21.0 Å². The molecule has 1 heterocycles. The Labute approximate surface area is 252 Å². The zero-order valence-electron chi connectivity index (χ0n) is 23.6. The fourth-order valence-electron chi connectivity index (χ4n) is 5.17. The van der Waals surface area contributed by atoms with E-state index in [1.165, 1.54) is 18.3 Å². The molecule has 0 aliphatic heterocycles. The molecule has 1 unspecified atom stereocenters. The summed E-state index contributed by atoms with van der Waals surface area (Å²) in [4.78, 5) is 23.1. The summed E-state index contributed by atoms with van der Waals surface area (Å²) >= 11 is 6.43. The molecule has 1 amide bonds. The average Bonchev–Trinajstić information content (AvgIpc) is 2.94. The third-order valence-corrected chi connectivity index (χ3v) is 9.00. The Kier molecular flexibility index (Phi) is 9.82. The van der Waals surface area contributed by atoms with Crippen molar-refractivity contribution in [1.29, 1.82) is 0 Å². The molecule has 0 saturated heterocycles. The fraction of sp³-hybridized carbons (Fsp3) is 0.393. The van der Waals surface area contributed by atoms with Gasteiger partial charge in [-0.1, -0.05) is 29.8 Å². The van der Waals surface area contributed by atoms with Gasteiger partial charge in [-0.15, -0.1) is 0 Å². The van der Waals surface area contributed by atoms with Gasteiger partial charge in [-0.2, -0.15) is 13.2 Å². The number of alkyl halides is 3. The lowest BCUT2D eigenvalue weighted by atomic mass is 9.77. The smallest absolute Gasteiger partial charge is 0.379 e. The standard InChI is InChI=1S/C28H31ClF4N6O3S/c1-38(2)15-27(40)39(3)24-12-18(17-5-4-6-19(11-17)28(31,32)33)7-8-22(24)36-23-14-21(30)25(13-20(23)29)43(41,42)37-26-9-10-34-16-35-26/h4-6,9-11,13-14,16,18,22,24,36H,7-8,12,15H2,1-3H3,(H,34,35,37)/t18-,22-,24?/m0/s1. The van der Waals surface area contributed by atoms with Crippen LogP contribution in [-0.4, -0.2) is 73.9 Å². The predicted molar refractivity (Wildman–Crippen MR) is 155 cm³/mol. The highest BCUT2D eigenvalue weighted by molar-refractivity contribution is 7.92. The van der Waals surface area contributed by atoms with Crippen molar-refractivity contribution in [3.63, 3.8) is 0 Å². The number of carbonyl (C=O) groups is 1. The summed E-state index contributed by atoms with van der Waals surface area (Å²) in [6, 6.07) is 7.46. The van der Waals surface area contributed by atoms with E-state index < -0.39 is 44.6 Å². The summed E-state index contributed by atoms with van der Waals surface area (Å²) in [5.74, 6) is -1.60. The highest BCUT2D eigenvalue weighted by Crippen LogP contribution is 2.40. The van der Waals surface area contributed by atoms with E-state index in [4.69, 9.17) is 11.6 Å². The minimum atomic E-state index is -4.49. The lowest BCUT2D eigenvalue weighted by molar-refractivity contribution is -0.137. The summed E-state index contributed by atoms with van der Waals surface area (Å²) in [5.41, 5.74) is -0.118. The van der Waals surface area contributed by atoms with E-state index in [1.807, 2.05) is 0 Å². The van der Waals surface area contributed by atoms with Crippen LogP contribution in [0.2, 0.25) is 5.02 Å². The Morgan fingerprint density at radius 1 is 1.12 bits per heavy atom. The van der Waals surface area contributed by atoms with Crippen molar-refractivity contribution in [1.82, 2.24) is 19.8 Å². The Balaban J connectivity index is 1.61. The Bertz CT molecular complexity index is 1560. The van der Waals surface area contributed by atoms with Crippen molar-refractivity contribution in [3.05, 3.63) is 77.0 Å². The number of aromatic nitrogens is 2. The van der Waals surface area contributed by atoms with Crippen LogP contribution >= 0.6 is 11.6 Å². The number of halogens is 5. The van der Waals surface area contributed by atoms with Crippen molar-refractivity contribution < 1.29 is 30.8 Å². The van der Waals surface area contributed by atoms with Gasteiger partial charge in [0.1, 0.15) is 22.9 Å². The molecule has 4 rings (SSSR count). The number of nitrogens with zero attached hydrogens (tertiary/aromatic N) is 4. The van der Waals surface area contributed by atoms with Crippen molar-refractivity contribution in [2.45, 2.75) is 48.3 Å². The van der Waals surface area contributed by atoms with E-state index in [0.717, 1.165) is 30.6 Å². The van der Waals surface area contributed by atoms with Gasteiger partial charge >= 0.3 is 6.18 Å². The third-order valence-electron chi connectivity index (χ3n) is 7.32. The number of hydrogen-bond acceptors (Lipinski definition) is 7. The molecule has 2 aromatic carbocycles. The number of carbonyl (C=O) groups excluding carboxylic acids is 1. The van der Waals surface area contributed by atoms with Gasteiger partial charge in [-0.25, -0.2) is 22.8 Å². The van der Waals surface area contributed by atoms with Crippen LogP contribution in [0.1, 0.15) is 36.3 Å². The second-order valence-electron chi connectivity index (χ2n) is 10.7. The van der Waals surface area contributed by atoms with Gasteiger partial charge < -0.3 is 15.1 Å². The summed E-state index contributed by atoms with van der Waals surface area (Å²) in [6.07, 6.45) is -0.799. The summed E-state index contributed by atoms with van der Waals surface area (Å²) in [5, 5.41) is 3.09. The van der Waals surface area contributed by atoms with Gasteiger partial charge in [0.25, 0.3) is 10.0 Å². The highest BCUT2D eigenvalue weighted by Gasteiger charge is 2.37. The second-order valence-corrected chi connectivity index (χ2v) is 12.7. The lowest BCUT2D eigenvalue weighted by Crippen LogP contribution is -2.52. The Morgan fingerprint density at radius 2 is 1.86 bits per heavy atom. The minimum Gasteiger partial charge on any atom is -0.379 e. The summed E-state index contributed by atoms with van der Waals surface area (Å²) in [7, 11) is 0.724. The van der Waals surface area contributed by atoms with Crippen LogP contribution in [0.3, 0.4) is 0 Å². The molecule has 43 heavy (non-hydrogen) atoms. The number of rotatable bonds is 9. The normalized spacial score (nSPS) is 19.2. The molecule has 232 valence electrons. The first-order valence-corrected chi connectivity index (χ1v) is 15.1. The third kappa shape index (κ3) is 7.92. The maximum Gasteiger partial charge on any atom is 0.416 e. The minimum absolute atomic E-state index is 0.0569. The largest absolute Gasteiger partial charge is 0.416 e. The van der Waals surface area contributed by atoms with E-state index in [9.17, 15) is 26.4 Å². The average molecular weight is 643 g/mol. The number of likely N-dealkylation sites (N-methyl/N-ethyl adjacent to an activating group) is 2. The van der Waals surface area contributed by atoms with Crippen LogP contribution in [0.25, 0.3) is 0 Å². The Morgan fingerprint density at radius 3 is 2.51 bits per heavy atom. The Hall–Kier alpha value is -3.49. The molecule has 2 N–H and O–H groups in total. The first kappa shape index (κ1) is 32.4. The zero-order chi connectivity index (χ0) is 31.5. The summed E-state index contributed by atoms with van der Waals surface area (Å²) in [6.45, 7) is 0.106. The van der Waals surface area contributed by atoms with Crippen molar-refractivity contribution in [2.75, 3.05) is 37.7 Å². The molecule has 0 bridgehead atoms. The molecule has 1 aromatic heterocycles. The van der Waals surface area contributed by atoms with Gasteiger partial charge in [0.2, 0.25) is 5.91 Å². The second kappa shape index (κ2) is 13.0. The molecule has 1 aliphatic rings. The molecule has 15 heteroatoms. The number of nitrogens with one attached hydrogen (secondary N) is 2. The van der Waals surface area contributed by atoms with Crippen LogP contribution in [0.4, 0.5) is 29.1 Å². The zero-order valence-corrected chi connectivity index (χ0v) is 25.1. The van der Waals surface area contributed by atoms with E-state index in [-0.39, 0.29) is 34.9 Å². The van der Waals surface area contributed by atoms with Gasteiger partial charge in [0.05, 0.1) is 28.9 Å². The van der Waals surface area contributed by atoms with Gasteiger partial charge in [-0.3, -0.25) is 9.52 Å². The fourth-order valence-corrected chi connectivity index (χ4v) is 6.55. The van der Waals surface area contributed by atoms with Gasteiger partial charge in [0.15, 0.2) is 0 Å². The maximum atomic E-state index is 15.2. The molecule has 9 nitrogen and oxygen atoms in total. The topological polar surface area (TPSA) is 108 Å². The molecular formula is C28H31ClF4N6O3S. The monoisotopic (exact) mass is 642 g/mol. The molecule has 0 radical (unpaired) electrons. The number of sulfonamides is 1. The van der Waals surface area contributed by atoms with Gasteiger partial charge in [0, 0.05) is 19.3 Å². The molecule has 3 aromatic rings. The van der Waals surface area contributed by atoms with Crippen molar-refractivity contribution >= 4 is 39.0 Å². The number of hydrogen-bond donors (Lipinski definition) is 2. The predicted octanol–water partition coefficient (Wildman–Crippen LogP) is 5.23. The van der Waals surface area contributed by atoms with Crippen LogP contribution in [0.5, 0.6) is 0 Å². The SMILES string of the molecule is CN(C)CC(=O)N(C)C1C[C@@H](c2cccc(C(F)(F)F)c2)CC[C@@H]1Nc1cc(F)c(S(=O)(=O)Nc2ccncn2)cc1Cl. The first-order chi connectivity index (χ1) is 20.2. The van der Waals surface area contributed by atoms with Crippen LogP contribution < -0.4 is 10.0 Å². The van der Waals surface area contributed by atoms with Crippen LogP contribution in [0, 0.1) is 5.82 Å². The molecule has 1 fully saturated rings. The van der Waals surface area contributed by atoms with E-state index >= 15 is 4.39 Å². The molecular weight excluding hydrogens is 612 g/mol. The maximum absolute atomic E-state index is 15.2. The molecule has 1 aliphatic carbocycles. The van der Waals surface area contributed by atoms with E-state index in [1.54, 1.807) is 37.0 Å². The van der Waals surface area contributed by atoms with E-state index in [2.05, 4.69) is 20.0 Å². The summed E-state index contributed by atoms with van der Waals surface area (Å²) < 4.78 is 83.2. The van der Waals surface area contributed by atoms with Crippen LogP contribution in [0.15, 0.2) is 59.9 Å². The number of amides is 1. The highest BCUT2D eigenvalue weighted by atomic mass is 35.5. The van der Waals surface area contributed by atoms with Gasteiger partial charge in [-0.05, 0) is 69.1 Å². The first-order valence-electron chi connectivity index (χ1n) is 13.3. The molecule has 3 atom stereocenters. The number of benzene rings is 2. The molecule has 1 saturated carbocycles. The van der Waals surface area contributed by atoms with E-state index in [0.29, 0.717) is 24.8 Å². The number of anilines is 2. The van der Waals surface area contributed by atoms with Crippen molar-refractivity contribution in [2.24, 2.45) is 0 Å². The molecule has 0 spiro atoms. The lowest BCUT2D eigenvalue weighted by Gasteiger charge is -2.42.